The minimum Gasteiger partial charge on any atom is -0.508 e. The largest absolute Gasteiger partial charge is 0.508 e. The van der Waals surface area contributed by atoms with E-state index in [1.807, 2.05) is 0 Å². The molecular weight excluding hydrogens is 164 g/mol. The zero-order chi connectivity index (χ0) is 7.56. The highest BCUT2D eigenvalue weighted by molar-refractivity contribution is 5.85. The lowest BCUT2D eigenvalue weighted by Crippen LogP contribution is -1.97. The van der Waals surface area contributed by atoms with Crippen molar-refractivity contribution in [1.82, 2.24) is 0 Å². The SMILES string of the molecule is Cl.NCc1cc(N)ccc1O. The quantitative estimate of drug-likeness (QED) is 0.437. The van der Waals surface area contributed by atoms with Crippen molar-refractivity contribution < 1.29 is 5.11 Å². The maximum Gasteiger partial charge on any atom is 0.120 e. The molecule has 0 bridgehead atoms. The Morgan fingerprint density at radius 2 is 2.00 bits per heavy atom. The number of halogens is 1. The van der Waals surface area contributed by atoms with Gasteiger partial charge in [0.25, 0.3) is 0 Å². The summed E-state index contributed by atoms with van der Waals surface area (Å²) in [7, 11) is 0. The van der Waals surface area contributed by atoms with E-state index in [4.69, 9.17) is 16.6 Å². The molecule has 1 aromatic carbocycles. The molecule has 0 heterocycles. The van der Waals surface area contributed by atoms with Gasteiger partial charge in [-0.3, -0.25) is 0 Å². The van der Waals surface area contributed by atoms with Crippen LogP contribution in [0.4, 0.5) is 5.69 Å². The zero-order valence-corrected chi connectivity index (χ0v) is 6.77. The van der Waals surface area contributed by atoms with Crippen LogP contribution in [0.15, 0.2) is 18.2 Å². The third-order valence-corrected chi connectivity index (χ3v) is 1.32. The molecule has 0 fully saturated rings. The third-order valence-electron chi connectivity index (χ3n) is 1.32. The number of nitrogens with two attached hydrogens (primary N) is 2. The highest BCUT2D eigenvalue weighted by atomic mass is 35.5. The number of rotatable bonds is 1. The molecule has 0 spiro atoms. The minimum absolute atomic E-state index is 0. The molecule has 0 saturated heterocycles. The average molecular weight is 175 g/mol. The van der Waals surface area contributed by atoms with Crippen LogP contribution in [0.25, 0.3) is 0 Å². The van der Waals surface area contributed by atoms with Crippen LogP contribution >= 0.6 is 12.4 Å². The molecule has 1 aromatic rings. The smallest absolute Gasteiger partial charge is 0.120 e. The molecule has 0 radical (unpaired) electrons. The fourth-order valence-electron chi connectivity index (χ4n) is 0.769. The molecule has 0 aliphatic carbocycles. The predicted molar refractivity (Wildman–Crippen MR) is 47.7 cm³/mol. The van der Waals surface area contributed by atoms with E-state index in [9.17, 15) is 0 Å². The number of aromatic hydroxyl groups is 1. The highest BCUT2D eigenvalue weighted by Gasteiger charge is 1.96. The van der Waals surface area contributed by atoms with E-state index >= 15 is 0 Å². The van der Waals surface area contributed by atoms with Crippen LogP contribution < -0.4 is 11.5 Å². The molecule has 4 heteroatoms. The Morgan fingerprint density at radius 1 is 1.36 bits per heavy atom. The Morgan fingerprint density at radius 3 is 2.45 bits per heavy atom. The number of benzene rings is 1. The molecule has 62 valence electrons. The van der Waals surface area contributed by atoms with Gasteiger partial charge in [-0.25, -0.2) is 0 Å². The van der Waals surface area contributed by atoms with E-state index in [1.54, 1.807) is 12.1 Å². The summed E-state index contributed by atoms with van der Waals surface area (Å²) >= 11 is 0. The standard InChI is InChI=1S/C7H10N2O.ClH/c8-4-5-3-6(9)1-2-7(5)10;/h1-3,10H,4,8-9H2;1H. The minimum atomic E-state index is 0. The van der Waals surface area contributed by atoms with E-state index < -0.39 is 0 Å². The van der Waals surface area contributed by atoms with Gasteiger partial charge in [0.2, 0.25) is 0 Å². The zero-order valence-electron chi connectivity index (χ0n) is 5.95. The summed E-state index contributed by atoms with van der Waals surface area (Å²) in [6.45, 7) is 0.316. The Bertz CT molecular complexity index is 240. The second kappa shape index (κ2) is 4.05. The van der Waals surface area contributed by atoms with Gasteiger partial charge in [0, 0.05) is 17.8 Å². The Balaban J connectivity index is 0.000001000. The summed E-state index contributed by atoms with van der Waals surface area (Å²) in [5.41, 5.74) is 12.0. The molecule has 0 aliphatic heterocycles. The van der Waals surface area contributed by atoms with Gasteiger partial charge in [-0.1, -0.05) is 0 Å². The van der Waals surface area contributed by atoms with Crippen molar-refractivity contribution in [3.63, 3.8) is 0 Å². The van der Waals surface area contributed by atoms with E-state index in [0.29, 0.717) is 17.8 Å². The molecule has 11 heavy (non-hydrogen) atoms. The summed E-state index contributed by atoms with van der Waals surface area (Å²) in [6, 6.07) is 4.83. The van der Waals surface area contributed by atoms with Crippen molar-refractivity contribution in [1.29, 1.82) is 0 Å². The first-order valence-corrected chi connectivity index (χ1v) is 3.01. The molecule has 3 nitrogen and oxygen atoms in total. The topological polar surface area (TPSA) is 72.3 Å². The maximum absolute atomic E-state index is 9.10. The lowest BCUT2D eigenvalue weighted by molar-refractivity contribution is 0.468. The molecule has 0 saturated carbocycles. The van der Waals surface area contributed by atoms with E-state index in [2.05, 4.69) is 0 Å². The number of hydrogen-bond donors (Lipinski definition) is 3. The van der Waals surface area contributed by atoms with Crippen LogP contribution in [0.2, 0.25) is 0 Å². The summed E-state index contributed by atoms with van der Waals surface area (Å²) in [5, 5.41) is 9.10. The fourth-order valence-corrected chi connectivity index (χ4v) is 0.769. The Labute approximate surface area is 71.4 Å². The van der Waals surface area contributed by atoms with Gasteiger partial charge >= 0.3 is 0 Å². The predicted octanol–water partition coefficient (Wildman–Crippen LogP) is 0.855. The Hall–Kier alpha value is -0.930. The molecule has 0 unspecified atom stereocenters. The van der Waals surface area contributed by atoms with Crippen LogP contribution in [0.3, 0.4) is 0 Å². The first kappa shape index (κ1) is 10.1. The van der Waals surface area contributed by atoms with Crippen molar-refractivity contribution in [3.8, 4) is 5.75 Å². The van der Waals surface area contributed by atoms with E-state index in [1.165, 1.54) is 6.07 Å². The van der Waals surface area contributed by atoms with Crippen molar-refractivity contribution in [2.24, 2.45) is 5.73 Å². The lowest BCUT2D eigenvalue weighted by Gasteiger charge is -2.00. The van der Waals surface area contributed by atoms with E-state index in [-0.39, 0.29) is 18.2 Å². The molecule has 0 atom stereocenters. The average Bonchev–Trinajstić information content (AvgIpc) is 1.94. The van der Waals surface area contributed by atoms with Gasteiger partial charge in [0.1, 0.15) is 5.75 Å². The van der Waals surface area contributed by atoms with Crippen molar-refractivity contribution in [2.45, 2.75) is 6.54 Å². The van der Waals surface area contributed by atoms with Crippen LogP contribution in [0, 0.1) is 0 Å². The first-order valence-electron chi connectivity index (χ1n) is 3.01. The number of phenols is 1. The second-order valence-corrected chi connectivity index (χ2v) is 2.09. The molecule has 1 rings (SSSR count). The van der Waals surface area contributed by atoms with Crippen LogP contribution in [-0.4, -0.2) is 5.11 Å². The van der Waals surface area contributed by atoms with E-state index in [0.717, 1.165) is 0 Å². The van der Waals surface area contributed by atoms with Crippen LogP contribution in [-0.2, 0) is 6.54 Å². The van der Waals surface area contributed by atoms with Gasteiger partial charge in [0.05, 0.1) is 0 Å². The van der Waals surface area contributed by atoms with Gasteiger partial charge in [-0.15, -0.1) is 12.4 Å². The summed E-state index contributed by atoms with van der Waals surface area (Å²) in [4.78, 5) is 0. The number of nitrogen functional groups attached to an aromatic ring is 1. The monoisotopic (exact) mass is 174 g/mol. The number of anilines is 1. The molecule has 5 N–H and O–H groups in total. The van der Waals surface area contributed by atoms with Crippen LogP contribution in [0.1, 0.15) is 5.56 Å². The molecule has 0 aliphatic rings. The van der Waals surface area contributed by atoms with Gasteiger partial charge in [-0.05, 0) is 18.2 Å². The highest BCUT2D eigenvalue weighted by Crippen LogP contribution is 2.18. The lowest BCUT2D eigenvalue weighted by atomic mass is 10.2. The second-order valence-electron chi connectivity index (χ2n) is 2.09. The third kappa shape index (κ3) is 2.29. The van der Waals surface area contributed by atoms with Crippen molar-refractivity contribution in [2.75, 3.05) is 5.73 Å². The molecular formula is C7H11ClN2O. The van der Waals surface area contributed by atoms with Gasteiger partial charge in [-0.2, -0.15) is 0 Å². The van der Waals surface area contributed by atoms with Crippen LogP contribution in [0.5, 0.6) is 5.75 Å². The van der Waals surface area contributed by atoms with Crippen molar-refractivity contribution >= 4 is 18.1 Å². The van der Waals surface area contributed by atoms with Gasteiger partial charge in [0.15, 0.2) is 0 Å². The summed E-state index contributed by atoms with van der Waals surface area (Å²) < 4.78 is 0. The van der Waals surface area contributed by atoms with Crippen molar-refractivity contribution in [3.05, 3.63) is 23.8 Å². The number of hydrogen-bond acceptors (Lipinski definition) is 3. The molecule has 0 aromatic heterocycles. The molecule has 0 amide bonds. The normalized spacial score (nSPS) is 8.82. The maximum atomic E-state index is 9.10. The van der Waals surface area contributed by atoms with Gasteiger partial charge < -0.3 is 16.6 Å². The first-order chi connectivity index (χ1) is 4.74. The Kier molecular flexibility index (Phi) is 3.71. The number of phenolic OH excluding ortho intramolecular Hbond substituents is 1. The fraction of sp³-hybridized carbons (Fsp3) is 0.143. The summed E-state index contributed by atoms with van der Waals surface area (Å²) in [6.07, 6.45) is 0. The summed E-state index contributed by atoms with van der Waals surface area (Å²) in [5.74, 6) is 0.205.